The molecule has 2 radical (unpaired) electrons. The minimum absolute atomic E-state index is 0.0394. The molecule has 0 fully saturated rings. The number of hydrogen-bond acceptors (Lipinski definition) is 3. The fraction of sp³-hybridized carbons (Fsp3) is 0.125. The van der Waals surface area contributed by atoms with Crippen LogP contribution in [-0.2, 0) is 0 Å². The quantitative estimate of drug-likeness (QED) is 0.649. The molecule has 1 unspecified atom stereocenters. The van der Waals surface area contributed by atoms with E-state index in [4.69, 9.17) is 14.3 Å². The van der Waals surface area contributed by atoms with Gasteiger partial charge in [0.25, 0.3) is 0 Å². The summed E-state index contributed by atoms with van der Waals surface area (Å²) in [7, 11) is 5.72. The number of hydrogen-bond donors (Lipinski definition) is 1. The summed E-state index contributed by atoms with van der Waals surface area (Å²) in [4.78, 5) is 0.977. The minimum atomic E-state index is -0.257. The largest absolute Gasteiger partial charge is 0.377 e. The van der Waals surface area contributed by atoms with Gasteiger partial charge in [-0.15, -0.1) is 17.8 Å². The van der Waals surface area contributed by atoms with E-state index in [0.29, 0.717) is 11.2 Å². The zero-order valence-corrected chi connectivity index (χ0v) is 12.9. The topological polar surface area (TPSA) is 12.0 Å². The average molecular weight is 313 g/mol. The predicted octanol–water partition coefficient (Wildman–Crippen LogP) is 3.31. The zero-order valence-electron chi connectivity index (χ0n) is 11.3. The number of thioether (sulfide) groups is 1. The molecule has 1 aromatic carbocycles. The number of rotatable bonds is 6. The standard InChI is InChI=1S/C16H13BFNS2/c1-3-20-10-15(12-4-6-14(18)7-5-12)19-11(2)16-8-13(17)9-21-16/h1,4-9,15,19H,2,10H2. The van der Waals surface area contributed by atoms with Crippen LogP contribution in [-0.4, -0.2) is 13.6 Å². The van der Waals surface area contributed by atoms with Crippen molar-refractivity contribution in [3.05, 3.63) is 58.5 Å². The van der Waals surface area contributed by atoms with Crippen LogP contribution in [0, 0.1) is 17.5 Å². The number of terminal acetylenes is 1. The van der Waals surface area contributed by atoms with Gasteiger partial charge in [-0.25, -0.2) is 4.39 Å². The molecule has 1 atom stereocenters. The van der Waals surface area contributed by atoms with Gasteiger partial charge in [0.05, 0.1) is 6.04 Å². The highest BCUT2D eigenvalue weighted by molar-refractivity contribution is 8.03. The van der Waals surface area contributed by atoms with E-state index in [2.05, 4.69) is 17.1 Å². The first-order chi connectivity index (χ1) is 10.1. The van der Waals surface area contributed by atoms with Gasteiger partial charge in [-0.2, -0.15) is 0 Å². The Bertz CT molecular complexity index is 658. The first kappa shape index (κ1) is 15.7. The maximum Gasteiger partial charge on any atom is 0.123 e. The second kappa shape index (κ2) is 7.40. The smallest absolute Gasteiger partial charge is 0.123 e. The maximum absolute atomic E-state index is 13.0. The van der Waals surface area contributed by atoms with Crippen LogP contribution in [0.5, 0.6) is 0 Å². The minimum Gasteiger partial charge on any atom is -0.377 e. The Morgan fingerprint density at radius 3 is 2.76 bits per heavy atom. The van der Waals surface area contributed by atoms with Crippen molar-refractivity contribution in [1.82, 2.24) is 5.32 Å². The second-order valence-electron chi connectivity index (χ2n) is 4.40. The Morgan fingerprint density at radius 1 is 1.48 bits per heavy atom. The molecule has 1 nitrogen and oxygen atoms in total. The van der Waals surface area contributed by atoms with E-state index in [1.165, 1.54) is 35.2 Å². The Balaban J connectivity index is 2.14. The summed E-state index contributed by atoms with van der Waals surface area (Å²) in [6.45, 7) is 4.04. The molecule has 0 aliphatic heterocycles. The number of thiophene rings is 1. The molecule has 104 valence electrons. The molecule has 1 N–H and O–H groups in total. The van der Waals surface area contributed by atoms with E-state index >= 15 is 0 Å². The van der Waals surface area contributed by atoms with Gasteiger partial charge in [0.1, 0.15) is 13.7 Å². The van der Waals surface area contributed by atoms with Crippen LogP contribution < -0.4 is 10.8 Å². The number of nitrogens with one attached hydrogen (secondary N) is 1. The van der Waals surface area contributed by atoms with Crippen molar-refractivity contribution in [2.24, 2.45) is 0 Å². The Hall–Kier alpha value is -1.64. The molecule has 0 aliphatic rings. The normalized spacial score (nSPS) is 11.6. The highest BCUT2D eigenvalue weighted by Gasteiger charge is 2.13. The molecular weight excluding hydrogens is 300 g/mol. The lowest BCUT2D eigenvalue weighted by Crippen LogP contribution is -2.21. The fourth-order valence-corrected chi connectivity index (χ4v) is 3.11. The lowest BCUT2D eigenvalue weighted by molar-refractivity contribution is 0.624. The van der Waals surface area contributed by atoms with Crippen molar-refractivity contribution < 1.29 is 4.39 Å². The molecular formula is C16H13BFNS2. The Labute approximate surface area is 134 Å². The number of benzene rings is 1. The molecule has 0 spiro atoms. The molecule has 1 heterocycles. The highest BCUT2D eigenvalue weighted by Crippen LogP contribution is 2.23. The molecule has 2 rings (SSSR count). The van der Waals surface area contributed by atoms with E-state index in [1.807, 2.05) is 11.4 Å². The van der Waals surface area contributed by atoms with Gasteiger partial charge < -0.3 is 5.32 Å². The van der Waals surface area contributed by atoms with Crippen molar-refractivity contribution in [1.29, 1.82) is 0 Å². The summed E-state index contributed by atoms with van der Waals surface area (Å²) in [6, 6.07) is 8.21. The van der Waals surface area contributed by atoms with Crippen molar-refractivity contribution >= 4 is 42.1 Å². The van der Waals surface area contributed by atoms with Crippen molar-refractivity contribution in [3.8, 4) is 11.7 Å². The summed E-state index contributed by atoms with van der Waals surface area (Å²) in [5, 5.41) is 7.76. The van der Waals surface area contributed by atoms with Crippen LogP contribution in [0.15, 0.2) is 42.3 Å². The van der Waals surface area contributed by atoms with Gasteiger partial charge in [0.2, 0.25) is 0 Å². The van der Waals surface area contributed by atoms with Crippen molar-refractivity contribution in [2.45, 2.75) is 6.04 Å². The monoisotopic (exact) mass is 313 g/mol. The first-order valence-electron chi connectivity index (χ1n) is 6.23. The van der Waals surface area contributed by atoms with Crippen LogP contribution >= 0.6 is 23.1 Å². The van der Waals surface area contributed by atoms with Gasteiger partial charge >= 0.3 is 0 Å². The fourth-order valence-electron chi connectivity index (χ4n) is 1.84. The summed E-state index contributed by atoms with van der Waals surface area (Å²) >= 11 is 2.89. The van der Waals surface area contributed by atoms with Crippen LogP contribution in [0.2, 0.25) is 0 Å². The summed E-state index contributed by atoms with van der Waals surface area (Å²) < 4.78 is 13.0. The van der Waals surface area contributed by atoms with E-state index in [1.54, 1.807) is 12.1 Å². The van der Waals surface area contributed by atoms with Crippen LogP contribution in [0.4, 0.5) is 4.39 Å². The van der Waals surface area contributed by atoms with Crippen LogP contribution in [0.1, 0.15) is 16.5 Å². The lowest BCUT2D eigenvalue weighted by Gasteiger charge is -2.20. The third-order valence-electron chi connectivity index (χ3n) is 2.87. The van der Waals surface area contributed by atoms with Gasteiger partial charge in [0, 0.05) is 16.3 Å². The molecule has 0 saturated carbocycles. The Morgan fingerprint density at radius 2 is 2.19 bits per heavy atom. The predicted molar refractivity (Wildman–Crippen MR) is 92.3 cm³/mol. The lowest BCUT2D eigenvalue weighted by atomic mass is 10.0. The molecule has 2 aromatic rings. The van der Waals surface area contributed by atoms with Crippen molar-refractivity contribution in [2.75, 3.05) is 5.75 Å². The summed E-state index contributed by atoms with van der Waals surface area (Å²) in [5.41, 5.74) is 2.46. The number of halogens is 1. The molecule has 5 heteroatoms. The summed E-state index contributed by atoms with van der Waals surface area (Å²) in [5.74, 6) is 0.411. The molecule has 1 aromatic heterocycles. The third kappa shape index (κ3) is 4.42. The maximum atomic E-state index is 13.0. The Kier molecular flexibility index (Phi) is 5.55. The average Bonchev–Trinajstić information content (AvgIpc) is 2.91. The molecule has 0 saturated heterocycles. The van der Waals surface area contributed by atoms with E-state index in [9.17, 15) is 4.39 Å². The SMILES string of the molecule is [B]c1csc(C(=C)NC(CSC#C)c2ccc(F)cc2)c1. The van der Waals surface area contributed by atoms with Crippen LogP contribution in [0.25, 0.3) is 5.70 Å². The van der Waals surface area contributed by atoms with E-state index < -0.39 is 0 Å². The first-order valence-corrected chi connectivity index (χ1v) is 8.09. The zero-order chi connectivity index (χ0) is 15.2. The summed E-state index contributed by atoms with van der Waals surface area (Å²) in [6.07, 6.45) is 5.31. The van der Waals surface area contributed by atoms with E-state index in [0.717, 1.165) is 16.1 Å². The molecule has 21 heavy (non-hydrogen) atoms. The van der Waals surface area contributed by atoms with Crippen LogP contribution in [0.3, 0.4) is 0 Å². The molecule has 0 bridgehead atoms. The molecule has 0 amide bonds. The van der Waals surface area contributed by atoms with Gasteiger partial charge in [-0.05, 0) is 34.4 Å². The third-order valence-corrected chi connectivity index (χ3v) is 4.55. The molecule has 0 aliphatic carbocycles. The van der Waals surface area contributed by atoms with E-state index in [-0.39, 0.29) is 11.9 Å². The van der Waals surface area contributed by atoms with Gasteiger partial charge in [-0.1, -0.05) is 35.9 Å². The highest BCUT2D eigenvalue weighted by atomic mass is 32.2. The van der Waals surface area contributed by atoms with Gasteiger partial charge in [0.15, 0.2) is 0 Å². The van der Waals surface area contributed by atoms with Gasteiger partial charge in [-0.3, -0.25) is 0 Å². The second-order valence-corrected chi connectivity index (χ2v) is 6.17. The van der Waals surface area contributed by atoms with Crippen molar-refractivity contribution in [3.63, 3.8) is 0 Å².